The minimum absolute atomic E-state index is 0.192. The Kier molecular flexibility index (Phi) is 8.05. The van der Waals surface area contributed by atoms with E-state index in [1.807, 2.05) is 42.5 Å². The Morgan fingerprint density at radius 3 is 2.76 bits per heavy atom. The number of likely N-dealkylation sites (tertiary alicyclic amines) is 1. The van der Waals surface area contributed by atoms with Gasteiger partial charge in [-0.1, -0.05) is 48.9 Å². The van der Waals surface area contributed by atoms with Crippen LogP contribution in [0.25, 0.3) is 0 Å². The first-order valence-corrected chi connectivity index (χ1v) is 11.5. The number of aliphatic hydroxyl groups excluding tert-OH is 1. The van der Waals surface area contributed by atoms with Gasteiger partial charge in [-0.3, -0.25) is 4.90 Å². The molecule has 1 saturated heterocycles. The number of aliphatic hydroxyl groups is 1. The van der Waals surface area contributed by atoms with Gasteiger partial charge in [0.25, 0.3) is 5.95 Å². The smallest absolute Gasteiger partial charge is 0.270 e. The molecule has 0 saturated carbocycles. The standard InChI is InChI=1S/C25H32N6O2/c1-30-25(28-24(29-30)26-16-20-9-4-2-5-10-20)27-17-22(32)19-33-23-12-8-11-21(15-23)18-31-13-6-3-7-14-31/h2,4-5,8-12,15-16,22,32H,3,6-7,13-14,17-19H2,1H3,(H,27,28,29). The van der Waals surface area contributed by atoms with E-state index < -0.39 is 6.10 Å². The minimum atomic E-state index is -0.691. The van der Waals surface area contributed by atoms with Crippen LogP contribution in [0.15, 0.2) is 59.6 Å². The molecule has 174 valence electrons. The van der Waals surface area contributed by atoms with Crippen LogP contribution in [0.2, 0.25) is 0 Å². The summed E-state index contributed by atoms with van der Waals surface area (Å²) in [7, 11) is 1.79. The number of hydrogen-bond donors (Lipinski definition) is 2. The number of aliphatic imine (C=N–C) groups is 1. The fraction of sp³-hybridized carbons (Fsp3) is 0.400. The lowest BCUT2D eigenvalue weighted by atomic mass is 10.1. The van der Waals surface area contributed by atoms with Crippen LogP contribution in [0.4, 0.5) is 11.9 Å². The van der Waals surface area contributed by atoms with Crippen LogP contribution in [0.1, 0.15) is 30.4 Å². The van der Waals surface area contributed by atoms with Crippen molar-refractivity contribution in [3.63, 3.8) is 0 Å². The first-order valence-electron chi connectivity index (χ1n) is 11.5. The lowest BCUT2D eigenvalue weighted by molar-refractivity contribution is 0.117. The van der Waals surface area contributed by atoms with Crippen LogP contribution in [0.3, 0.4) is 0 Å². The second-order valence-corrected chi connectivity index (χ2v) is 8.36. The highest BCUT2D eigenvalue weighted by Gasteiger charge is 2.12. The summed E-state index contributed by atoms with van der Waals surface area (Å²) in [5.41, 5.74) is 2.22. The molecular formula is C25H32N6O2. The number of aryl methyl sites for hydroxylation is 1. The van der Waals surface area contributed by atoms with Crippen molar-refractivity contribution in [2.24, 2.45) is 12.0 Å². The summed E-state index contributed by atoms with van der Waals surface area (Å²) in [6.45, 7) is 3.76. The third-order valence-electron chi connectivity index (χ3n) is 5.57. The molecular weight excluding hydrogens is 416 g/mol. The van der Waals surface area contributed by atoms with Gasteiger partial charge in [-0.25, -0.2) is 9.67 Å². The molecule has 1 unspecified atom stereocenters. The van der Waals surface area contributed by atoms with E-state index >= 15 is 0 Å². The summed E-state index contributed by atoms with van der Waals surface area (Å²) in [6, 6.07) is 17.9. The molecule has 2 N–H and O–H groups in total. The summed E-state index contributed by atoms with van der Waals surface area (Å²) < 4.78 is 7.44. The van der Waals surface area contributed by atoms with Gasteiger partial charge in [0.2, 0.25) is 5.95 Å². The zero-order chi connectivity index (χ0) is 22.9. The summed E-state index contributed by atoms with van der Waals surface area (Å²) >= 11 is 0. The molecule has 33 heavy (non-hydrogen) atoms. The van der Waals surface area contributed by atoms with Crippen molar-refractivity contribution >= 4 is 18.1 Å². The van der Waals surface area contributed by atoms with Gasteiger partial charge in [0.15, 0.2) is 0 Å². The summed E-state index contributed by atoms with van der Waals surface area (Å²) in [5, 5.41) is 17.8. The molecule has 1 atom stereocenters. The Balaban J connectivity index is 1.23. The number of benzene rings is 2. The topological polar surface area (TPSA) is 87.8 Å². The molecule has 1 fully saturated rings. The van der Waals surface area contributed by atoms with E-state index in [1.165, 1.54) is 24.8 Å². The number of anilines is 1. The maximum atomic E-state index is 10.4. The van der Waals surface area contributed by atoms with Gasteiger partial charge in [-0.2, -0.15) is 4.98 Å². The van der Waals surface area contributed by atoms with Crippen molar-refractivity contribution in [3.8, 4) is 5.75 Å². The Morgan fingerprint density at radius 2 is 1.94 bits per heavy atom. The number of nitrogens with one attached hydrogen (secondary N) is 1. The van der Waals surface area contributed by atoms with E-state index in [2.05, 4.69) is 37.4 Å². The molecule has 2 heterocycles. The number of aromatic nitrogens is 3. The summed E-state index contributed by atoms with van der Waals surface area (Å²) in [4.78, 5) is 11.2. The number of ether oxygens (including phenoxy) is 1. The minimum Gasteiger partial charge on any atom is -0.491 e. The van der Waals surface area contributed by atoms with Crippen molar-refractivity contribution in [3.05, 3.63) is 65.7 Å². The van der Waals surface area contributed by atoms with Gasteiger partial charge >= 0.3 is 0 Å². The van der Waals surface area contributed by atoms with E-state index in [4.69, 9.17) is 4.74 Å². The highest BCUT2D eigenvalue weighted by Crippen LogP contribution is 2.18. The van der Waals surface area contributed by atoms with E-state index in [0.717, 1.165) is 30.9 Å². The maximum Gasteiger partial charge on any atom is 0.270 e. The van der Waals surface area contributed by atoms with Crippen LogP contribution in [0.5, 0.6) is 5.75 Å². The van der Waals surface area contributed by atoms with E-state index in [9.17, 15) is 5.11 Å². The number of piperidine rings is 1. The van der Waals surface area contributed by atoms with Gasteiger partial charge in [0.1, 0.15) is 18.5 Å². The van der Waals surface area contributed by atoms with Gasteiger partial charge in [-0.15, -0.1) is 5.10 Å². The van der Waals surface area contributed by atoms with Crippen LogP contribution >= 0.6 is 0 Å². The quantitative estimate of drug-likeness (QED) is 0.462. The summed E-state index contributed by atoms with van der Waals surface area (Å²) in [6.07, 6.45) is 4.93. The Labute approximate surface area is 194 Å². The molecule has 8 heteroatoms. The number of hydrogen-bond acceptors (Lipinski definition) is 7. The highest BCUT2D eigenvalue weighted by atomic mass is 16.5. The van der Waals surface area contributed by atoms with Gasteiger partial charge in [0, 0.05) is 26.4 Å². The molecule has 0 radical (unpaired) electrons. The normalized spacial score (nSPS) is 15.6. The Hall–Kier alpha value is -3.23. The molecule has 1 aromatic heterocycles. The fourth-order valence-corrected chi connectivity index (χ4v) is 3.82. The largest absolute Gasteiger partial charge is 0.491 e. The predicted molar refractivity (Wildman–Crippen MR) is 130 cm³/mol. The van der Waals surface area contributed by atoms with Crippen molar-refractivity contribution in [1.29, 1.82) is 0 Å². The highest BCUT2D eigenvalue weighted by molar-refractivity contribution is 5.81. The second-order valence-electron chi connectivity index (χ2n) is 8.36. The van der Waals surface area contributed by atoms with Crippen LogP contribution in [-0.4, -0.2) is 63.3 Å². The van der Waals surface area contributed by atoms with Gasteiger partial charge in [-0.05, 0) is 49.2 Å². The Bertz CT molecular complexity index is 1030. The van der Waals surface area contributed by atoms with Crippen molar-refractivity contribution < 1.29 is 9.84 Å². The van der Waals surface area contributed by atoms with Crippen LogP contribution in [-0.2, 0) is 13.6 Å². The van der Waals surface area contributed by atoms with Crippen LogP contribution < -0.4 is 10.1 Å². The van der Waals surface area contributed by atoms with Crippen LogP contribution in [0, 0.1) is 0 Å². The molecule has 0 aliphatic carbocycles. The lowest BCUT2D eigenvalue weighted by Gasteiger charge is -2.26. The average Bonchev–Trinajstić information content (AvgIpc) is 3.21. The monoisotopic (exact) mass is 448 g/mol. The zero-order valence-corrected chi connectivity index (χ0v) is 19.1. The molecule has 0 amide bonds. The molecule has 3 aromatic rings. The first kappa shape index (κ1) is 22.9. The van der Waals surface area contributed by atoms with Crippen molar-refractivity contribution in [2.45, 2.75) is 31.9 Å². The maximum absolute atomic E-state index is 10.4. The third-order valence-corrected chi connectivity index (χ3v) is 5.57. The fourth-order valence-electron chi connectivity index (χ4n) is 3.82. The second kappa shape index (κ2) is 11.6. The lowest BCUT2D eigenvalue weighted by Crippen LogP contribution is -2.29. The molecule has 0 spiro atoms. The first-order chi connectivity index (χ1) is 16.2. The zero-order valence-electron chi connectivity index (χ0n) is 19.1. The SMILES string of the molecule is Cn1nc(N=Cc2ccccc2)nc1NCC(O)COc1cccc(CN2CCCCC2)c1. The number of nitrogens with zero attached hydrogens (tertiary/aromatic N) is 5. The predicted octanol–water partition coefficient (Wildman–Crippen LogP) is 3.40. The Morgan fingerprint density at radius 1 is 1.12 bits per heavy atom. The summed E-state index contributed by atoms with van der Waals surface area (Å²) in [5.74, 6) is 1.68. The van der Waals surface area contributed by atoms with E-state index in [0.29, 0.717) is 18.4 Å². The van der Waals surface area contributed by atoms with Gasteiger partial charge in [0.05, 0.1) is 0 Å². The van der Waals surface area contributed by atoms with Crippen molar-refractivity contribution in [1.82, 2.24) is 19.7 Å². The van der Waals surface area contributed by atoms with Crippen molar-refractivity contribution in [2.75, 3.05) is 31.6 Å². The molecule has 0 bridgehead atoms. The van der Waals surface area contributed by atoms with E-state index in [-0.39, 0.29) is 6.61 Å². The third kappa shape index (κ3) is 7.13. The van der Waals surface area contributed by atoms with E-state index in [1.54, 1.807) is 17.9 Å². The molecule has 2 aromatic carbocycles. The molecule has 8 nitrogen and oxygen atoms in total. The molecule has 1 aliphatic rings. The molecule has 4 rings (SSSR count). The number of rotatable bonds is 10. The van der Waals surface area contributed by atoms with Gasteiger partial charge < -0.3 is 15.2 Å². The average molecular weight is 449 g/mol. The molecule has 1 aliphatic heterocycles.